The van der Waals surface area contributed by atoms with Gasteiger partial charge in [0.05, 0.1) is 12.7 Å². The van der Waals surface area contributed by atoms with Gasteiger partial charge in [0.25, 0.3) is 0 Å². The number of ether oxygens (including phenoxy) is 1. The predicted octanol–water partition coefficient (Wildman–Crippen LogP) is 6.97. The molecule has 0 aromatic rings. The first-order valence-electron chi connectivity index (χ1n) is 8.62. The summed E-state index contributed by atoms with van der Waals surface area (Å²) in [6, 6.07) is 0. The van der Waals surface area contributed by atoms with Crippen molar-refractivity contribution in [3.8, 4) is 0 Å². The fourth-order valence-corrected chi connectivity index (χ4v) is 3.06. The first-order valence-corrected chi connectivity index (χ1v) is 10.3. The van der Waals surface area contributed by atoms with Crippen LogP contribution in [0.2, 0.25) is 0 Å². The summed E-state index contributed by atoms with van der Waals surface area (Å²) in [5.41, 5.74) is 3.95. The molecule has 0 aliphatic carbocycles. The summed E-state index contributed by atoms with van der Waals surface area (Å²) < 4.78 is 34.7. The van der Waals surface area contributed by atoms with E-state index in [4.69, 9.17) is 9.26 Å². The highest BCUT2D eigenvalue weighted by Crippen LogP contribution is 2.49. The van der Waals surface area contributed by atoms with Crippen LogP contribution in [0, 0.1) is 0 Å². The fourth-order valence-electron chi connectivity index (χ4n) is 2.05. The molecule has 0 saturated carbocycles. The monoisotopic (exact) mass is 360 g/mol. The van der Waals surface area contributed by atoms with Gasteiger partial charge in [-0.25, -0.2) is 0 Å². The standard InChI is InChI=1S/C19H34FO3P/c1-16(2)9-7-10-18(5)11-8-12-19(6)13-14-22-15-24(20,21)23-17(3)4/h9,11,13,17H,7-8,10,12,14-15H2,1-6H3. The quantitative estimate of drug-likeness (QED) is 0.214. The van der Waals surface area contributed by atoms with Crippen molar-refractivity contribution in [1.29, 1.82) is 0 Å². The lowest BCUT2D eigenvalue weighted by Gasteiger charge is -2.12. The molecular formula is C19H34FO3P. The smallest absolute Gasteiger partial charge is 0.364 e. The van der Waals surface area contributed by atoms with Gasteiger partial charge < -0.3 is 9.26 Å². The molecule has 1 atom stereocenters. The highest BCUT2D eigenvalue weighted by molar-refractivity contribution is 7.53. The van der Waals surface area contributed by atoms with Gasteiger partial charge >= 0.3 is 7.68 Å². The molecule has 0 aliphatic heterocycles. The number of halogens is 1. The predicted molar refractivity (Wildman–Crippen MR) is 101 cm³/mol. The van der Waals surface area contributed by atoms with Crippen molar-refractivity contribution in [1.82, 2.24) is 0 Å². The Bertz CT molecular complexity index is 489. The van der Waals surface area contributed by atoms with Gasteiger partial charge in [0.15, 0.2) is 6.35 Å². The zero-order valence-electron chi connectivity index (χ0n) is 16.1. The zero-order chi connectivity index (χ0) is 18.6. The van der Waals surface area contributed by atoms with Gasteiger partial charge in [0.2, 0.25) is 0 Å². The molecule has 0 heterocycles. The Kier molecular flexibility index (Phi) is 12.3. The molecular weight excluding hydrogens is 326 g/mol. The molecule has 0 radical (unpaired) electrons. The van der Waals surface area contributed by atoms with Crippen LogP contribution in [0.1, 0.15) is 67.2 Å². The maximum atomic E-state index is 13.5. The summed E-state index contributed by atoms with van der Waals surface area (Å²) in [5.74, 6) is 0. The molecule has 3 nitrogen and oxygen atoms in total. The van der Waals surface area contributed by atoms with Gasteiger partial charge in [-0.15, -0.1) is 0 Å². The average molecular weight is 360 g/mol. The van der Waals surface area contributed by atoms with Crippen LogP contribution in [0.3, 0.4) is 0 Å². The second-order valence-electron chi connectivity index (χ2n) is 6.70. The third-order valence-electron chi connectivity index (χ3n) is 3.29. The average Bonchev–Trinajstić information content (AvgIpc) is 2.42. The van der Waals surface area contributed by atoms with E-state index in [1.807, 2.05) is 13.0 Å². The third kappa shape index (κ3) is 14.9. The summed E-state index contributed by atoms with van der Waals surface area (Å²) in [6.45, 7) is 12.0. The number of hydrogen-bond donors (Lipinski definition) is 0. The van der Waals surface area contributed by atoms with Gasteiger partial charge in [0.1, 0.15) is 0 Å². The van der Waals surface area contributed by atoms with Crippen LogP contribution < -0.4 is 0 Å². The second-order valence-corrected chi connectivity index (χ2v) is 8.35. The molecule has 0 amide bonds. The maximum absolute atomic E-state index is 13.5. The molecule has 0 N–H and O–H groups in total. The van der Waals surface area contributed by atoms with Crippen LogP contribution >= 0.6 is 7.68 Å². The van der Waals surface area contributed by atoms with E-state index in [-0.39, 0.29) is 6.61 Å². The van der Waals surface area contributed by atoms with E-state index in [1.54, 1.807) is 13.8 Å². The number of rotatable bonds is 12. The Morgan fingerprint density at radius 1 is 1.00 bits per heavy atom. The molecule has 140 valence electrons. The highest BCUT2D eigenvalue weighted by Gasteiger charge is 2.23. The van der Waals surface area contributed by atoms with Crippen LogP contribution in [0.5, 0.6) is 0 Å². The molecule has 0 fully saturated rings. The van der Waals surface area contributed by atoms with E-state index < -0.39 is 20.1 Å². The molecule has 0 aromatic heterocycles. The van der Waals surface area contributed by atoms with E-state index >= 15 is 0 Å². The van der Waals surface area contributed by atoms with Crippen LogP contribution in [0.4, 0.5) is 4.20 Å². The summed E-state index contributed by atoms with van der Waals surface area (Å²) >= 11 is 0. The molecule has 5 heteroatoms. The Morgan fingerprint density at radius 3 is 2.08 bits per heavy atom. The van der Waals surface area contributed by atoms with Crippen LogP contribution in [-0.4, -0.2) is 19.1 Å². The number of allylic oxidation sites excluding steroid dienone is 5. The van der Waals surface area contributed by atoms with Crippen molar-refractivity contribution >= 4 is 7.68 Å². The van der Waals surface area contributed by atoms with E-state index in [2.05, 4.69) is 32.9 Å². The lowest BCUT2D eigenvalue weighted by atomic mass is 10.1. The van der Waals surface area contributed by atoms with Gasteiger partial charge in [-0.05, 0) is 67.2 Å². The van der Waals surface area contributed by atoms with Crippen LogP contribution in [-0.2, 0) is 13.8 Å². The second kappa shape index (κ2) is 12.6. The molecule has 0 aliphatic rings. The molecule has 24 heavy (non-hydrogen) atoms. The fraction of sp³-hybridized carbons (Fsp3) is 0.684. The van der Waals surface area contributed by atoms with E-state index in [1.165, 1.54) is 16.7 Å². The van der Waals surface area contributed by atoms with Crippen LogP contribution in [0.25, 0.3) is 0 Å². The van der Waals surface area contributed by atoms with Crippen molar-refractivity contribution in [3.05, 3.63) is 34.9 Å². The van der Waals surface area contributed by atoms with Crippen molar-refractivity contribution in [3.63, 3.8) is 0 Å². The largest absolute Gasteiger partial charge is 0.392 e. The lowest BCUT2D eigenvalue weighted by molar-refractivity contribution is 0.160. The Morgan fingerprint density at radius 2 is 1.54 bits per heavy atom. The normalized spacial score (nSPS) is 15.5. The lowest BCUT2D eigenvalue weighted by Crippen LogP contribution is -2.03. The van der Waals surface area contributed by atoms with Crippen molar-refractivity contribution < 1.29 is 18.0 Å². The van der Waals surface area contributed by atoms with E-state index in [0.717, 1.165) is 25.7 Å². The molecule has 0 aromatic carbocycles. The Balaban J connectivity index is 3.99. The van der Waals surface area contributed by atoms with Gasteiger partial charge in [-0.3, -0.25) is 4.57 Å². The SMILES string of the molecule is CC(C)=CCCC(C)=CCCC(C)=CCOCP(=O)(F)OC(C)C. The van der Waals surface area contributed by atoms with Gasteiger partial charge in [-0.2, -0.15) is 4.20 Å². The Labute approximate surface area is 147 Å². The maximum Gasteiger partial charge on any atom is 0.392 e. The topological polar surface area (TPSA) is 35.5 Å². The van der Waals surface area contributed by atoms with E-state index in [9.17, 15) is 8.76 Å². The molecule has 1 unspecified atom stereocenters. The zero-order valence-corrected chi connectivity index (χ0v) is 17.0. The first kappa shape index (κ1) is 23.3. The molecule has 0 rings (SSSR count). The van der Waals surface area contributed by atoms with Crippen LogP contribution in [0.15, 0.2) is 34.9 Å². The van der Waals surface area contributed by atoms with Crippen molar-refractivity contribution in [2.45, 2.75) is 73.3 Å². The first-order chi connectivity index (χ1) is 11.1. The van der Waals surface area contributed by atoms with Crippen molar-refractivity contribution in [2.75, 3.05) is 13.0 Å². The van der Waals surface area contributed by atoms with Gasteiger partial charge in [0, 0.05) is 0 Å². The van der Waals surface area contributed by atoms with Gasteiger partial charge in [-0.1, -0.05) is 34.9 Å². The molecule has 0 saturated heterocycles. The number of hydrogen-bond acceptors (Lipinski definition) is 3. The third-order valence-corrected chi connectivity index (χ3v) is 4.51. The molecule has 0 bridgehead atoms. The Hall–Kier alpha value is -0.700. The summed E-state index contributed by atoms with van der Waals surface area (Å²) in [6.07, 6.45) is 9.65. The minimum atomic E-state index is -4.13. The van der Waals surface area contributed by atoms with Crippen molar-refractivity contribution in [2.24, 2.45) is 0 Å². The summed E-state index contributed by atoms with van der Waals surface area (Å²) in [7, 11) is -4.13. The minimum Gasteiger partial charge on any atom is -0.364 e. The minimum absolute atomic E-state index is 0.254. The van der Waals surface area contributed by atoms with E-state index in [0.29, 0.717) is 0 Å². The molecule has 0 spiro atoms. The summed E-state index contributed by atoms with van der Waals surface area (Å²) in [5, 5.41) is 0. The highest BCUT2D eigenvalue weighted by atomic mass is 31.2. The summed E-state index contributed by atoms with van der Waals surface area (Å²) in [4.78, 5) is 0.